The summed E-state index contributed by atoms with van der Waals surface area (Å²) in [5.74, 6) is -0.250. The lowest BCUT2D eigenvalue weighted by Gasteiger charge is -2.36. The molecular weight excluding hydrogens is 440 g/mol. The van der Waals surface area contributed by atoms with Gasteiger partial charge in [-0.05, 0) is 39.0 Å². The molecule has 0 aromatic heterocycles. The van der Waals surface area contributed by atoms with Gasteiger partial charge < -0.3 is 34.6 Å². The Morgan fingerprint density at radius 2 is 1.91 bits per heavy atom. The lowest BCUT2D eigenvalue weighted by Crippen LogP contribution is -2.52. The molecule has 0 spiro atoms. The van der Waals surface area contributed by atoms with Gasteiger partial charge in [-0.15, -0.1) is 0 Å². The number of urea groups is 1. The molecule has 4 amide bonds. The first-order valence-corrected chi connectivity index (χ1v) is 11.5. The van der Waals surface area contributed by atoms with Crippen molar-refractivity contribution in [1.29, 1.82) is 0 Å². The fourth-order valence-corrected chi connectivity index (χ4v) is 3.80. The second kappa shape index (κ2) is 12.6. The van der Waals surface area contributed by atoms with Crippen LogP contribution in [0.1, 0.15) is 38.1 Å². The van der Waals surface area contributed by atoms with E-state index in [1.165, 1.54) is 7.11 Å². The third kappa shape index (κ3) is 7.33. The number of carbonyl (C=O) groups is 3. The van der Waals surface area contributed by atoms with Gasteiger partial charge in [0.15, 0.2) is 0 Å². The highest BCUT2D eigenvalue weighted by molar-refractivity contribution is 5.99. The smallest absolute Gasteiger partial charge is 0.317 e. The predicted octanol–water partition coefficient (Wildman–Crippen LogP) is 2.20. The number of carbonyl (C=O) groups excluding carboxylic acids is 3. The molecule has 1 aliphatic rings. The molecule has 1 aromatic carbocycles. The summed E-state index contributed by atoms with van der Waals surface area (Å²) >= 11 is 0. The minimum Gasteiger partial charge on any atom is -0.491 e. The van der Waals surface area contributed by atoms with Crippen molar-refractivity contribution in [1.82, 2.24) is 15.1 Å². The number of ether oxygens (including phenoxy) is 3. The van der Waals surface area contributed by atoms with Crippen LogP contribution in [0.5, 0.6) is 5.75 Å². The summed E-state index contributed by atoms with van der Waals surface area (Å²) in [6.45, 7) is 8.60. The molecule has 34 heavy (non-hydrogen) atoms. The standard InChI is InChI=1S/C24H38N4O6/c1-15(2)25-24(31)28-11-16(3)21(33-7)12-27(5)23(30)19-10-18(26-22(29)14-32-6)8-9-20(19)34-13-17(28)4/h8-10,15-17,21H,11-14H2,1-7H3,(H,25,31)(H,26,29)/t16-,17+,21-/m1/s1. The summed E-state index contributed by atoms with van der Waals surface area (Å²) in [4.78, 5) is 41.5. The number of amides is 4. The van der Waals surface area contributed by atoms with E-state index in [9.17, 15) is 14.4 Å². The molecule has 3 atom stereocenters. The van der Waals surface area contributed by atoms with E-state index in [1.54, 1.807) is 42.2 Å². The third-order valence-electron chi connectivity index (χ3n) is 5.68. The fourth-order valence-electron chi connectivity index (χ4n) is 3.80. The quantitative estimate of drug-likeness (QED) is 0.672. The van der Waals surface area contributed by atoms with Crippen molar-refractivity contribution in [3.63, 3.8) is 0 Å². The van der Waals surface area contributed by atoms with Crippen LogP contribution in [-0.2, 0) is 14.3 Å². The van der Waals surface area contributed by atoms with Crippen molar-refractivity contribution in [2.24, 2.45) is 5.92 Å². The van der Waals surface area contributed by atoms with Gasteiger partial charge in [-0.1, -0.05) is 6.92 Å². The molecule has 0 fully saturated rings. The molecule has 2 N–H and O–H groups in total. The normalized spacial score (nSPS) is 21.8. The number of likely N-dealkylation sites (N-methyl/N-ethyl adjacent to an activating group) is 1. The molecule has 0 aliphatic carbocycles. The number of nitrogens with zero attached hydrogens (tertiary/aromatic N) is 2. The minimum atomic E-state index is -0.328. The van der Waals surface area contributed by atoms with E-state index in [2.05, 4.69) is 10.6 Å². The Bertz CT molecular complexity index is 862. The van der Waals surface area contributed by atoms with Crippen LogP contribution in [0.2, 0.25) is 0 Å². The third-order valence-corrected chi connectivity index (χ3v) is 5.68. The highest BCUT2D eigenvalue weighted by Gasteiger charge is 2.30. The highest BCUT2D eigenvalue weighted by Crippen LogP contribution is 2.26. The molecule has 1 heterocycles. The van der Waals surface area contributed by atoms with Gasteiger partial charge in [-0.25, -0.2) is 4.79 Å². The molecule has 0 bridgehead atoms. The largest absolute Gasteiger partial charge is 0.491 e. The van der Waals surface area contributed by atoms with Gasteiger partial charge in [0.1, 0.15) is 19.0 Å². The molecule has 1 aromatic rings. The van der Waals surface area contributed by atoms with Gasteiger partial charge in [0.25, 0.3) is 5.91 Å². The summed E-state index contributed by atoms with van der Waals surface area (Å²) < 4.78 is 16.6. The van der Waals surface area contributed by atoms with E-state index in [1.807, 2.05) is 27.7 Å². The summed E-state index contributed by atoms with van der Waals surface area (Å²) in [5, 5.41) is 5.67. The van der Waals surface area contributed by atoms with Crippen LogP contribution in [0, 0.1) is 5.92 Å². The summed E-state index contributed by atoms with van der Waals surface area (Å²) in [6, 6.07) is 4.46. The van der Waals surface area contributed by atoms with E-state index in [0.717, 1.165) is 0 Å². The Labute approximate surface area is 201 Å². The maximum Gasteiger partial charge on any atom is 0.317 e. The van der Waals surface area contributed by atoms with Crippen LogP contribution < -0.4 is 15.4 Å². The summed E-state index contributed by atoms with van der Waals surface area (Å²) in [7, 11) is 4.73. The Hall–Kier alpha value is -2.85. The summed E-state index contributed by atoms with van der Waals surface area (Å²) in [6.07, 6.45) is -0.288. The lowest BCUT2D eigenvalue weighted by molar-refractivity contribution is -0.119. The molecule has 0 saturated carbocycles. The van der Waals surface area contributed by atoms with Crippen molar-refractivity contribution < 1.29 is 28.6 Å². The van der Waals surface area contributed by atoms with E-state index < -0.39 is 0 Å². The number of fused-ring (bicyclic) bond motifs is 1. The van der Waals surface area contributed by atoms with Crippen molar-refractivity contribution in [2.45, 2.75) is 45.9 Å². The lowest BCUT2D eigenvalue weighted by atomic mass is 10.0. The number of hydrogen-bond acceptors (Lipinski definition) is 6. The Morgan fingerprint density at radius 3 is 2.53 bits per heavy atom. The van der Waals surface area contributed by atoms with Crippen molar-refractivity contribution >= 4 is 23.5 Å². The molecule has 190 valence electrons. The predicted molar refractivity (Wildman–Crippen MR) is 129 cm³/mol. The number of benzene rings is 1. The zero-order valence-corrected chi connectivity index (χ0v) is 21.2. The molecule has 1 aliphatic heterocycles. The zero-order valence-electron chi connectivity index (χ0n) is 21.2. The molecule has 0 unspecified atom stereocenters. The fraction of sp³-hybridized carbons (Fsp3) is 0.625. The van der Waals surface area contributed by atoms with E-state index in [0.29, 0.717) is 30.1 Å². The highest BCUT2D eigenvalue weighted by atomic mass is 16.5. The van der Waals surface area contributed by atoms with Crippen molar-refractivity contribution in [3.05, 3.63) is 23.8 Å². The first-order valence-electron chi connectivity index (χ1n) is 11.5. The maximum absolute atomic E-state index is 13.3. The molecular formula is C24H38N4O6. The first-order chi connectivity index (χ1) is 16.1. The minimum absolute atomic E-state index is 0.00764. The van der Waals surface area contributed by atoms with Gasteiger partial charge in [0.2, 0.25) is 5.91 Å². The van der Waals surface area contributed by atoms with Crippen molar-refractivity contribution in [3.8, 4) is 5.75 Å². The van der Waals surface area contributed by atoms with Crippen LogP contribution in [-0.4, -0.2) is 93.4 Å². The van der Waals surface area contributed by atoms with Gasteiger partial charge in [0, 0.05) is 52.0 Å². The Kier molecular flexibility index (Phi) is 10.1. The Balaban J connectivity index is 2.42. The topological polar surface area (TPSA) is 109 Å². The van der Waals surface area contributed by atoms with Gasteiger partial charge in [0.05, 0.1) is 17.7 Å². The molecule has 0 saturated heterocycles. The second-order valence-corrected chi connectivity index (χ2v) is 9.05. The molecule has 10 nitrogen and oxygen atoms in total. The second-order valence-electron chi connectivity index (χ2n) is 9.05. The number of anilines is 1. The summed E-state index contributed by atoms with van der Waals surface area (Å²) in [5.41, 5.74) is 0.770. The van der Waals surface area contributed by atoms with Gasteiger partial charge in [-0.2, -0.15) is 0 Å². The average molecular weight is 479 g/mol. The Morgan fingerprint density at radius 1 is 1.21 bits per heavy atom. The van der Waals surface area contributed by atoms with Crippen LogP contribution in [0.15, 0.2) is 18.2 Å². The number of rotatable bonds is 5. The first kappa shape index (κ1) is 27.4. The number of methoxy groups -OCH3 is 2. The number of nitrogens with one attached hydrogen (secondary N) is 2. The van der Waals surface area contributed by atoms with Crippen LogP contribution >= 0.6 is 0 Å². The maximum atomic E-state index is 13.3. The van der Waals surface area contributed by atoms with Crippen molar-refractivity contribution in [2.75, 3.05) is 52.9 Å². The molecule has 2 rings (SSSR count). The SMILES string of the molecule is COCC(=O)Nc1ccc2c(c1)C(=O)N(C)C[C@@H](OC)[C@H](C)CN(C(=O)NC(C)C)[C@@H](C)CO2. The van der Waals surface area contributed by atoms with Crippen LogP contribution in [0.3, 0.4) is 0 Å². The monoisotopic (exact) mass is 478 g/mol. The van der Waals surface area contributed by atoms with Gasteiger partial charge in [-0.3, -0.25) is 9.59 Å². The van der Waals surface area contributed by atoms with Crippen LogP contribution in [0.4, 0.5) is 10.5 Å². The zero-order chi connectivity index (χ0) is 25.4. The average Bonchev–Trinajstić information content (AvgIpc) is 2.77. The van der Waals surface area contributed by atoms with Crippen LogP contribution in [0.25, 0.3) is 0 Å². The van der Waals surface area contributed by atoms with E-state index in [4.69, 9.17) is 14.2 Å². The van der Waals surface area contributed by atoms with Gasteiger partial charge >= 0.3 is 6.03 Å². The number of hydrogen-bond donors (Lipinski definition) is 2. The van der Waals surface area contributed by atoms with E-state index >= 15 is 0 Å². The van der Waals surface area contributed by atoms with E-state index in [-0.39, 0.29) is 55.2 Å². The molecule has 0 radical (unpaired) electrons. The molecule has 10 heteroatoms.